The van der Waals surface area contributed by atoms with Gasteiger partial charge in [-0.05, 0) is 61.6 Å². The lowest BCUT2D eigenvalue weighted by atomic mass is 10.1. The van der Waals surface area contributed by atoms with Gasteiger partial charge >= 0.3 is 0 Å². The fraction of sp³-hybridized carbons (Fsp3) is 0.333. The molecule has 0 aliphatic rings. The van der Waals surface area contributed by atoms with Gasteiger partial charge < -0.3 is 4.74 Å². The molecule has 0 saturated heterocycles. The van der Waals surface area contributed by atoms with E-state index in [9.17, 15) is 0 Å². The minimum absolute atomic E-state index is 0.911. The van der Waals surface area contributed by atoms with Gasteiger partial charge in [0.2, 0.25) is 0 Å². The van der Waals surface area contributed by atoms with Gasteiger partial charge in [0.15, 0.2) is 0 Å². The first-order valence-corrected chi connectivity index (χ1v) is 7.03. The number of benzene rings is 2. The van der Waals surface area contributed by atoms with E-state index in [1.165, 1.54) is 29.5 Å². The number of rotatable bonds is 5. The minimum Gasteiger partial charge on any atom is -0.457 e. The maximum atomic E-state index is 5.95. The molecule has 2 rings (SSSR count). The molecule has 0 aliphatic carbocycles. The van der Waals surface area contributed by atoms with Gasteiger partial charge in [0.05, 0.1) is 0 Å². The van der Waals surface area contributed by atoms with Crippen molar-refractivity contribution in [3.8, 4) is 11.5 Å². The second kappa shape index (κ2) is 6.42. The van der Waals surface area contributed by atoms with E-state index in [-0.39, 0.29) is 0 Å². The van der Waals surface area contributed by atoms with Crippen LogP contribution in [-0.4, -0.2) is 0 Å². The standard InChI is InChI=1S/C18H22O/c1-4-5-8-16-10-12-17(13-11-16)19-18-9-6-7-14(2)15(18)3/h6-7,9-13H,4-5,8H2,1-3H3. The van der Waals surface area contributed by atoms with Crippen molar-refractivity contribution in [3.63, 3.8) is 0 Å². The molecule has 1 heteroatoms. The third-order valence-corrected chi connectivity index (χ3v) is 3.53. The summed E-state index contributed by atoms with van der Waals surface area (Å²) in [5.41, 5.74) is 3.85. The number of aryl methyl sites for hydroxylation is 2. The molecular weight excluding hydrogens is 232 g/mol. The lowest BCUT2D eigenvalue weighted by Crippen LogP contribution is -1.90. The van der Waals surface area contributed by atoms with Crippen LogP contribution in [0.4, 0.5) is 0 Å². The van der Waals surface area contributed by atoms with Crippen molar-refractivity contribution in [2.24, 2.45) is 0 Å². The topological polar surface area (TPSA) is 9.23 Å². The third-order valence-electron chi connectivity index (χ3n) is 3.53. The molecule has 0 radical (unpaired) electrons. The molecule has 0 aliphatic heterocycles. The smallest absolute Gasteiger partial charge is 0.130 e. The van der Waals surface area contributed by atoms with E-state index in [1.54, 1.807) is 0 Å². The van der Waals surface area contributed by atoms with Crippen LogP contribution in [0.15, 0.2) is 42.5 Å². The van der Waals surface area contributed by atoms with E-state index in [1.807, 2.05) is 12.1 Å². The molecule has 1 nitrogen and oxygen atoms in total. The Kier molecular flexibility index (Phi) is 4.62. The molecule has 0 atom stereocenters. The molecule has 100 valence electrons. The summed E-state index contributed by atoms with van der Waals surface area (Å²) < 4.78 is 5.95. The monoisotopic (exact) mass is 254 g/mol. The SMILES string of the molecule is CCCCc1ccc(Oc2cccc(C)c2C)cc1. The van der Waals surface area contributed by atoms with Crippen LogP contribution in [0.25, 0.3) is 0 Å². The Morgan fingerprint density at radius 2 is 1.68 bits per heavy atom. The molecular formula is C18H22O. The van der Waals surface area contributed by atoms with Gasteiger partial charge in [0.1, 0.15) is 11.5 Å². The van der Waals surface area contributed by atoms with Crippen molar-refractivity contribution < 1.29 is 4.74 Å². The molecule has 0 unspecified atom stereocenters. The summed E-state index contributed by atoms with van der Waals surface area (Å²) in [5, 5.41) is 0. The Morgan fingerprint density at radius 3 is 2.37 bits per heavy atom. The molecule has 0 aromatic heterocycles. The maximum Gasteiger partial charge on any atom is 0.130 e. The van der Waals surface area contributed by atoms with E-state index in [0.29, 0.717) is 0 Å². The Bertz CT molecular complexity index is 526. The molecule has 0 N–H and O–H groups in total. The average molecular weight is 254 g/mol. The van der Waals surface area contributed by atoms with Gasteiger partial charge in [0, 0.05) is 0 Å². The van der Waals surface area contributed by atoms with Crippen LogP contribution in [0.3, 0.4) is 0 Å². The fourth-order valence-corrected chi connectivity index (χ4v) is 2.07. The second-order valence-electron chi connectivity index (χ2n) is 5.05. The van der Waals surface area contributed by atoms with Crippen LogP contribution in [0.2, 0.25) is 0 Å². The molecule has 0 saturated carbocycles. The number of ether oxygens (including phenoxy) is 1. The summed E-state index contributed by atoms with van der Waals surface area (Å²) in [4.78, 5) is 0. The highest BCUT2D eigenvalue weighted by Crippen LogP contribution is 2.27. The number of unbranched alkanes of at least 4 members (excludes halogenated alkanes) is 1. The average Bonchev–Trinajstić information content (AvgIpc) is 2.43. The zero-order valence-corrected chi connectivity index (χ0v) is 12.1. The van der Waals surface area contributed by atoms with Gasteiger partial charge in [-0.25, -0.2) is 0 Å². The van der Waals surface area contributed by atoms with E-state index in [4.69, 9.17) is 4.74 Å². The molecule has 0 bridgehead atoms. The van der Waals surface area contributed by atoms with Crippen LogP contribution in [0.1, 0.15) is 36.5 Å². The normalized spacial score (nSPS) is 10.5. The number of hydrogen-bond acceptors (Lipinski definition) is 1. The minimum atomic E-state index is 0.911. The third kappa shape index (κ3) is 3.60. The van der Waals surface area contributed by atoms with Gasteiger partial charge in [-0.15, -0.1) is 0 Å². The quantitative estimate of drug-likeness (QED) is 0.690. The molecule has 0 spiro atoms. The van der Waals surface area contributed by atoms with Gasteiger partial charge in [-0.3, -0.25) is 0 Å². The van der Waals surface area contributed by atoms with E-state index < -0.39 is 0 Å². The highest BCUT2D eigenvalue weighted by molar-refractivity contribution is 5.41. The summed E-state index contributed by atoms with van der Waals surface area (Å²) in [6.45, 7) is 6.42. The van der Waals surface area contributed by atoms with Crippen LogP contribution in [-0.2, 0) is 6.42 Å². The first-order valence-electron chi connectivity index (χ1n) is 7.03. The van der Waals surface area contributed by atoms with E-state index in [2.05, 4.69) is 51.1 Å². The summed E-state index contributed by atoms with van der Waals surface area (Å²) >= 11 is 0. The molecule has 0 fully saturated rings. The highest BCUT2D eigenvalue weighted by Gasteiger charge is 2.03. The summed E-state index contributed by atoms with van der Waals surface area (Å²) in [6, 6.07) is 14.6. The highest BCUT2D eigenvalue weighted by atomic mass is 16.5. The van der Waals surface area contributed by atoms with Gasteiger partial charge in [-0.1, -0.05) is 37.6 Å². The van der Waals surface area contributed by atoms with Crippen molar-refractivity contribution in [2.75, 3.05) is 0 Å². The Hall–Kier alpha value is -1.76. The Labute approximate surface area is 116 Å². The fourth-order valence-electron chi connectivity index (χ4n) is 2.07. The zero-order chi connectivity index (χ0) is 13.7. The van der Waals surface area contributed by atoms with Crippen molar-refractivity contribution in [2.45, 2.75) is 40.0 Å². The second-order valence-corrected chi connectivity index (χ2v) is 5.05. The van der Waals surface area contributed by atoms with Crippen LogP contribution in [0.5, 0.6) is 11.5 Å². The molecule has 2 aromatic rings. The largest absolute Gasteiger partial charge is 0.457 e. The summed E-state index contributed by atoms with van der Waals surface area (Å²) in [7, 11) is 0. The summed E-state index contributed by atoms with van der Waals surface area (Å²) in [5.74, 6) is 1.86. The molecule has 19 heavy (non-hydrogen) atoms. The number of hydrogen-bond donors (Lipinski definition) is 0. The first kappa shape index (κ1) is 13.7. The Morgan fingerprint density at radius 1 is 0.947 bits per heavy atom. The predicted octanol–water partition coefficient (Wildman–Crippen LogP) is 5.44. The zero-order valence-electron chi connectivity index (χ0n) is 12.1. The lowest BCUT2D eigenvalue weighted by Gasteiger charge is -2.11. The van der Waals surface area contributed by atoms with Crippen molar-refractivity contribution in [1.29, 1.82) is 0 Å². The van der Waals surface area contributed by atoms with Gasteiger partial charge in [0.25, 0.3) is 0 Å². The van der Waals surface area contributed by atoms with Crippen LogP contribution < -0.4 is 4.74 Å². The van der Waals surface area contributed by atoms with Crippen molar-refractivity contribution >= 4 is 0 Å². The molecule has 2 aromatic carbocycles. The maximum absolute atomic E-state index is 5.95. The van der Waals surface area contributed by atoms with Gasteiger partial charge in [-0.2, -0.15) is 0 Å². The molecule has 0 amide bonds. The van der Waals surface area contributed by atoms with Crippen LogP contribution in [0, 0.1) is 13.8 Å². The van der Waals surface area contributed by atoms with Crippen LogP contribution >= 0.6 is 0 Å². The van der Waals surface area contributed by atoms with E-state index in [0.717, 1.165) is 17.9 Å². The Balaban J connectivity index is 2.09. The summed E-state index contributed by atoms with van der Waals surface area (Å²) in [6.07, 6.45) is 3.64. The van der Waals surface area contributed by atoms with Crippen molar-refractivity contribution in [3.05, 3.63) is 59.2 Å². The molecule has 0 heterocycles. The lowest BCUT2D eigenvalue weighted by molar-refractivity contribution is 0.478. The predicted molar refractivity (Wildman–Crippen MR) is 81.0 cm³/mol. The van der Waals surface area contributed by atoms with E-state index >= 15 is 0 Å². The van der Waals surface area contributed by atoms with Crippen molar-refractivity contribution in [1.82, 2.24) is 0 Å². The first-order chi connectivity index (χ1) is 9.20.